The van der Waals surface area contributed by atoms with E-state index < -0.39 is 0 Å². The topological polar surface area (TPSA) is 64.3 Å². The zero-order valence-electron chi connectivity index (χ0n) is 9.33. The van der Waals surface area contributed by atoms with Gasteiger partial charge in [-0.15, -0.1) is 0 Å². The van der Waals surface area contributed by atoms with Crippen molar-refractivity contribution in [2.45, 2.75) is 6.61 Å². The highest BCUT2D eigenvalue weighted by Gasteiger charge is 2.05. The monoisotopic (exact) mass is 232 g/mol. The molecule has 0 fully saturated rings. The second-order valence-corrected chi connectivity index (χ2v) is 3.56. The van der Waals surface area contributed by atoms with Crippen LogP contribution < -0.4 is 10.3 Å². The fourth-order valence-corrected chi connectivity index (χ4v) is 1.36. The van der Waals surface area contributed by atoms with Crippen LogP contribution in [0, 0.1) is 0 Å². The van der Waals surface area contributed by atoms with E-state index in [0.29, 0.717) is 5.75 Å². The van der Waals surface area contributed by atoms with E-state index in [-0.39, 0.29) is 18.0 Å². The summed E-state index contributed by atoms with van der Waals surface area (Å²) in [5.74, 6) is 0.498. The first-order valence-corrected chi connectivity index (χ1v) is 5.10. The largest absolute Gasteiger partial charge is 0.435 e. The normalized spacial score (nSPS) is 10.2. The molecule has 1 aromatic heterocycles. The van der Waals surface area contributed by atoms with Crippen LogP contribution in [0.2, 0.25) is 0 Å². The molecule has 0 saturated carbocycles. The number of aromatic nitrogens is 2. The molecule has 0 aliphatic carbocycles. The van der Waals surface area contributed by atoms with Crippen LogP contribution in [0.5, 0.6) is 11.6 Å². The predicted octanol–water partition coefficient (Wildman–Crippen LogP) is 1.06. The molecule has 0 radical (unpaired) electrons. The third kappa shape index (κ3) is 2.51. The van der Waals surface area contributed by atoms with Crippen molar-refractivity contribution in [3.63, 3.8) is 0 Å². The molecular weight excluding hydrogens is 220 g/mol. The number of aryl methyl sites for hydroxylation is 1. The number of aliphatic hydroxyl groups is 1. The second kappa shape index (κ2) is 4.80. The molecular formula is C12H12N2O3. The summed E-state index contributed by atoms with van der Waals surface area (Å²) in [6.45, 7) is -0.0720. The summed E-state index contributed by atoms with van der Waals surface area (Å²) >= 11 is 0. The van der Waals surface area contributed by atoms with Gasteiger partial charge in [0.1, 0.15) is 5.75 Å². The number of ether oxygens (including phenoxy) is 1. The number of hydrogen-bond donors (Lipinski definition) is 1. The number of rotatable bonds is 3. The number of aliphatic hydroxyl groups excluding tert-OH is 1. The minimum absolute atomic E-state index is 0.0186. The van der Waals surface area contributed by atoms with Crippen LogP contribution >= 0.6 is 0 Å². The molecule has 0 amide bonds. The Labute approximate surface area is 97.9 Å². The van der Waals surface area contributed by atoms with Gasteiger partial charge in [-0.25, -0.2) is 4.98 Å². The highest BCUT2D eigenvalue weighted by Crippen LogP contribution is 2.17. The Hall–Kier alpha value is -2.14. The van der Waals surface area contributed by atoms with E-state index in [2.05, 4.69) is 4.98 Å². The quantitative estimate of drug-likeness (QED) is 0.859. The van der Waals surface area contributed by atoms with Crippen LogP contribution in [-0.2, 0) is 13.7 Å². The average Bonchev–Trinajstić information content (AvgIpc) is 2.35. The van der Waals surface area contributed by atoms with Crippen molar-refractivity contribution in [2.75, 3.05) is 0 Å². The van der Waals surface area contributed by atoms with Gasteiger partial charge in [-0.1, -0.05) is 12.1 Å². The molecule has 5 heteroatoms. The van der Waals surface area contributed by atoms with Crippen molar-refractivity contribution < 1.29 is 9.84 Å². The summed E-state index contributed by atoms with van der Waals surface area (Å²) in [4.78, 5) is 15.5. The summed E-state index contributed by atoms with van der Waals surface area (Å²) in [6.07, 6.45) is 3.05. The van der Waals surface area contributed by atoms with Crippen LogP contribution in [0.1, 0.15) is 5.56 Å². The molecule has 0 unspecified atom stereocenters. The standard InChI is InChI=1S/C12H12N2O3/c1-14-6-5-13-11(12(14)16)17-10-4-2-3-9(7-10)8-15/h2-7,15H,8H2,1H3. The van der Waals surface area contributed by atoms with Crippen LogP contribution in [-0.4, -0.2) is 14.7 Å². The maximum Gasteiger partial charge on any atom is 0.313 e. The third-order valence-electron chi connectivity index (χ3n) is 2.28. The lowest BCUT2D eigenvalue weighted by Gasteiger charge is -2.06. The lowest BCUT2D eigenvalue weighted by Crippen LogP contribution is -2.18. The van der Waals surface area contributed by atoms with Crippen LogP contribution in [0.25, 0.3) is 0 Å². The fourth-order valence-electron chi connectivity index (χ4n) is 1.36. The summed E-state index contributed by atoms with van der Waals surface area (Å²) in [7, 11) is 1.63. The Balaban J connectivity index is 2.31. The molecule has 17 heavy (non-hydrogen) atoms. The van der Waals surface area contributed by atoms with Gasteiger partial charge in [0.15, 0.2) is 0 Å². The zero-order chi connectivity index (χ0) is 12.3. The van der Waals surface area contributed by atoms with Crippen molar-refractivity contribution in [2.24, 2.45) is 7.05 Å². The van der Waals surface area contributed by atoms with Gasteiger partial charge in [-0.3, -0.25) is 4.79 Å². The highest BCUT2D eigenvalue weighted by molar-refractivity contribution is 5.30. The van der Waals surface area contributed by atoms with Crippen LogP contribution in [0.4, 0.5) is 0 Å². The first kappa shape index (κ1) is 11.3. The van der Waals surface area contributed by atoms with Gasteiger partial charge in [0, 0.05) is 19.4 Å². The molecule has 1 heterocycles. The highest BCUT2D eigenvalue weighted by atomic mass is 16.5. The van der Waals surface area contributed by atoms with E-state index in [0.717, 1.165) is 5.56 Å². The smallest absolute Gasteiger partial charge is 0.313 e. The van der Waals surface area contributed by atoms with Crippen molar-refractivity contribution in [1.29, 1.82) is 0 Å². The van der Waals surface area contributed by atoms with Crippen molar-refractivity contribution in [3.05, 3.63) is 52.6 Å². The first-order valence-electron chi connectivity index (χ1n) is 5.10. The van der Waals surface area contributed by atoms with Crippen LogP contribution in [0.15, 0.2) is 41.5 Å². The second-order valence-electron chi connectivity index (χ2n) is 3.56. The zero-order valence-corrected chi connectivity index (χ0v) is 9.33. The van der Waals surface area contributed by atoms with E-state index in [1.54, 1.807) is 37.5 Å². The molecule has 0 atom stereocenters. The molecule has 0 bridgehead atoms. The van der Waals surface area contributed by atoms with Gasteiger partial charge in [-0.05, 0) is 17.7 Å². The fraction of sp³-hybridized carbons (Fsp3) is 0.167. The lowest BCUT2D eigenvalue weighted by molar-refractivity contribution is 0.281. The number of benzene rings is 1. The van der Waals surface area contributed by atoms with Gasteiger partial charge in [0.05, 0.1) is 6.61 Å². The van der Waals surface area contributed by atoms with Gasteiger partial charge in [0.2, 0.25) is 0 Å². The lowest BCUT2D eigenvalue weighted by atomic mass is 10.2. The molecule has 0 aliphatic rings. The maximum absolute atomic E-state index is 11.7. The Morgan fingerprint density at radius 2 is 2.29 bits per heavy atom. The third-order valence-corrected chi connectivity index (χ3v) is 2.28. The molecule has 0 aliphatic heterocycles. The summed E-state index contributed by atoms with van der Waals surface area (Å²) < 4.78 is 6.76. The van der Waals surface area contributed by atoms with E-state index in [1.807, 2.05) is 0 Å². The van der Waals surface area contributed by atoms with E-state index >= 15 is 0 Å². The summed E-state index contributed by atoms with van der Waals surface area (Å²) in [5, 5.41) is 8.99. The van der Waals surface area contributed by atoms with E-state index in [9.17, 15) is 4.79 Å². The van der Waals surface area contributed by atoms with Crippen molar-refractivity contribution in [3.8, 4) is 11.6 Å². The molecule has 1 aromatic carbocycles. The maximum atomic E-state index is 11.7. The Bertz CT molecular complexity index is 578. The SMILES string of the molecule is Cn1ccnc(Oc2cccc(CO)c2)c1=O. The minimum Gasteiger partial charge on any atom is -0.435 e. The van der Waals surface area contributed by atoms with Gasteiger partial charge in [0.25, 0.3) is 5.88 Å². The minimum atomic E-state index is -0.304. The van der Waals surface area contributed by atoms with Gasteiger partial charge >= 0.3 is 5.56 Å². The average molecular weight is 232 g/mol. The summed E-state index contributed by atoms with van der Waals surface area (Å²) in [6, 6.07) is 6.87. The van der Waals surface area contributed by atoms with E-state index in [1.165, 1.54) is 10.8 Å². The number of nitrogens with zero attached hydrogens (tertiary/aromatic N) is 2. The molecule has 2 rings (SSSR count). The van der Waals surface area contributed by atoms with E-state index in [4.69, 9.17) is 9.84 Å². The van der Waals surface area contributed by atoms with Crippen molar-refractivity contribution in [1.82, 2.24) is 9.55 Å². The first-order chi connectivity index (χ1) is 8.20. The Morgan fingerprint density at radius 3 is 3.06 bits per heavy atom. The molecule has 2 aromatic rings. The molecule has 0 spiro atoms. The van der Waals surface area contributed by atoms with Crippen molar-refractivity contribution >= 4 is 0 Å². The predicted molar refractivity (Wildman–Crippen MR) is 61.9 cm³/mol. The Kier molecular flexibility index (Phi) is 3.20. The van der Waals surface area contributed by atoms with Gasteiger partial charge < -0.3 is 14.4 Å². The molecule has 0 saturated heterocycles. The molecule has 88 valence electrons. The number of hydrogen-bond acceptors (Lipinski definition) is 4. The molecule has 5 nitrogen and oxygen atoms in total. The van der Waals surface area contributed by atoms with Crippen LogP contribution in [0.3, 0.4) is 0 Å². The Morgan fingerprint density at radius 1 is 1.47 bits per heavy atom. The van der Waals surface area contributed by atoms with Gasteiger partial charge in [-0.2, -0.15) is 0 Å². The molecule has 1 N–H and O–H groups in total. The summed E-state index contributed by atoms with van der Waals surface area (Å²) in [5.41, 5.74) is 0.414.